The zero-order valence-corrected chi connectivity index (χ0v) is 18.0. The fraction of sp³-hybridized carbons (Fsp3) is 0.444. The first-order chi connectivity index (χ1) is 12.0. The van der Waals surface area contributed by atoms with E-state index in [9.17, 15) is 4.79 Å². The van der Waals surface area contributed by atoms with Crippen molar-refractivity contribution < 1.29 is 13.9 Å². The summed E-state index contributed by atoms with van der Waals surface area (Å²) in [4.78, 5) is 19.7. The first-order valence-electron chi connectivity index (χ1n) is 8.17. The number of carbonyl (C=O) groups is 1. The molecule has 0 fully saturated rings. The molecule has 0 atom stereocenters. The lowest BCUT2D eigenvalue weighted by molar-refractivity contribution is -0.127. The van der Waals surface area contributed by atoms with Crippen molar-refractivity contribution in [3.05, 3.63) is 36.1 Å². The molecule has 1 amide bonds. The molecule has 0 spiro atoms. The van der Waals surface area contributed by atoms with Gasteiger partial charge in [-0.05, 0) is 12.1 Å². The van der Waals surface area contributed by atoms with E-state index in [-0.39, 0.29) is 36.4 Å². The van der Waals surface area contributed by atoms with Crippen LogP contribution < -0.4 is 5.32 Å². The number of fused-ring (bicyclic) bond motifs is 1. The van der Waals surface area contributed by atoms with Gasteiger partial charge in [-0.1, -0.05) is 18.2 Å². The summed E-state index contributed by atoms with van der Waals surface area (Å²) in [7, 11) is 6.99. The number of guanidine groups is 1. The molecule has 0 bridgehead atoms. The van der Waals surface area contributed by atoms with Gasteiger partial charge >= 0.3 is 0 Å². The normalized spacial score (nSPS) is 11.2. The number of carbonyl (C=O) groups excluding carboxylic acids is 1. The topological polar surface area (TPSA) is 70.3 Å². The molecule has 1 aromatic heterocycles. The monoisotopic (exact) mass is 474 g/mol. The summed E-state index contributed by atoms with van der Waals surface area (Å²) in [5.74, 6) is 1.42. The van der Waals surface area contributed by atoms with Gasteiger partial charge < -0.3 is 24.3 Å². The van der Waals surface area contributed by atoms with Crippen LogP contribution in [-0.4, -0.2) is 69.6 Å². The lowest BCUT2D eigenvalue weighted by atomic mass is 10.2. The highest BCUT2D eigenvalue weighted by Crippen LogP contribution is 2.19. The maximum Gasteiger partial charge on any atom is 0.243 e. The molecule has 2 aromatic rings. The number of para-hydroxylation sites is 1. The molecule has 1 aromatic carbocycles. The number of halogens is 1. The summed E-state index contributed by atoms with van der Waals surface area (Å²) in [6, 6.07) is 9.91. The van der Waals surface area contributed by atoms with E-state index in [0.29, 0.717) is 25.7 Å². The number of rotatable bonds is 7. The number of aliphatic imine (C=N–C) groups is 1. The van der Waals surface area contributed by atoms with Crippen LogP contribution in [0.2, 0.25) is 0 Å². The zero-order chi connectivity index (χ0) is 18.2. The minimum absolute atomic E-state index is 0. The lowest BCUT2D eigenvalue weighted by Gasteiger charge is -2.21. The van der Waals surface area contributed by atoms with Crippen LogP contribution in [0.5, 0.6) is 0 Å². The van der Waals surface area contributed by atoms with E-state index in [1.165, 1.54) is 4.90 Å². The predicted octanol–water partition coefficient (Wildman–Crippen LogP) is 2.16. The smallest absolute Gasteiger partial charge is 0.243 e. The number of nitrogens with one attached hydrogen (secondary N) is 1. The molecular formula is C18H27IN4O3. The summed E-state index contributed by atoms with van der Waals surface area (Å²) in [5.41, 5.74) is 0.861. The van der Waals surface area contributed by atoms with Crippen LogP contribution in [0.4, 0.5) is 0 Å². The van der Waals surface area contributed by atoms with Gasteiger partial charge in [0.2, 0.25) is 5.91 Å². The van der Waals surface area contributed by atoms with Crippen molar-refractivity contribution in [2.24, 2.45) is 4.99 Å². The van der Waals surface area contributed by atoms with Gasteiger partial charge in [0.15, 0.2) is 5.96 Å². The molecule has 0 radical (unpaired) electrons. The molecule has 1 N–H and O–H groups in total. The SMILES string of the molecule is COCCNC(=NCC(=O)N(C)C)N(C)Cc1cc2ccccc2o1.I. The third-order valence-corrected chi connectivity index (χ3v) is 3.68. The third kappa shape index (κ3) is 6.49. The molecule has 26 heavy (non-hydrogen) atoms. The third-order valence-electron chi connectivity index (χ3n) is 3.68. The molecule has 144 valence electrons. The van der Waals surface area contributed by atoms with Crippen LogP contribution in [0.25, 0.3) is 11.0 Å². The highest BCUT2D eigenvalue weighted by Gasteiger charge is 2.12. The zero-order valence-electron chi connectivity index (χ0n) is 15.7. The second-order valence-electron chi connectivity index (χ2n) is 5.95. The summed E-state index contributed by atoms with van der Waals surface area (Å²) in [5, 5.41) is 4.28. The Labute approximate surface area is 171 Å². The van der Waals surface area contributed by atoms with Crippen LogP contribution in [0.1, 0.15) is 5.76 Å². The van der Waals surface area contributed by atoms with Crippen LogP contribution in [0.3, 0.4) is 0 Å². The van der Waals surface area contributed by atoms with Crippen LogP contribution in [0, 0.1) is 0 Å². The molecule has 2 rings (SSSR count). The minimum Gasteiger partial charge on any atom is -0.459 e. The maximum absolute atomic E-state index is 11.8. The summed E-state index contributed by atoms with van der Waals surface area (Å²) >= 11 is 0. The van der Waals surface area contributed by atoms with Crippen LogP contribution in [-0.2, 0) is 16.1 Å². The molecule has 0 saturated carbocycles. The Balaban J connectivity index is 0.00000338. The molecule has 0 unspecified atom stereocenters. The molecule has 8 heteroatoms. The number of ether oxygens (including phenoxy) is 1. The van der Waals surface area contributed by atoms with Gasteiger partial charge in [0.25, 0.3) is 0 Å². The van der Waals surface area contributed by atoms with E-state index < -0.39 is 0 Å². The average molecular weight is 474 g/mol. The molecule has 0 aliphatic carbocycles. The van der Waals surface area contributed by atoms with Gasteiger partial charge in [0.05, 0.1) is 13.2 Å². The van der Waals surface area contributed by atoms with E-state index in [0.717, 1.165) is 16.7 Å². The van der Waals surface area contributed by atoms with Gasteiger partial charge in [-0.15, -0.1) is 24.0 Å². The number of nitrogens with zero attached hydrogens (tertiary/aromatic N) is 3. The van der Waals surface area contributed by atoms with Gasteiger partial charge in [-0.3, -0.25) is 4.79 Å². The quantitative estimate of drug-likeness (QED) is 0.288. The predicted molar refractivity (Wildman–Crippen MR) is 114 cm³/mol. The Morgan fingerprint density at radius 1 is 1.27 bits per heavy atom. The Morgan fingerprint density at radius 2 is 2.00 bits per heavy atom. The van der Waals surface area contributed by atoms with E-state index in [1.807, 2.05) is 42.3 Å². The standard InChI is InChI=1S/C18H26N4O3.HI/c1-21(2)17(23)12-20-18(19-9-10-24-4)22(3)13-15-11-14-7-5-6-8-16(14)25-15;/h5-8,11H,9-10,12-13H2,1-4H3,(H,19,20);1H. The van der Waals surface area contributed by atoms with Crippen LogP contribution in [0.15, 0.2) is 39.7 Å². The number of amides is 1. The summed E-state index contributed by atoms with van der Waals surface area (Å²) in [6.45, 7) is 1.80. The van der Waals surface area contributed by atoms with E-state index in [2.05, 4.69) is 10.3 Å². The first-order valence-corrected chi connectivity index (χ1v) is 8.17. The second kappa shape index (κ2) is 11.0. The summed E-state index contributed by atoms with van der Waals surface area (Å²) in [6.07, 6.45) is 0. The molecule has 0 saturated heterocycles. The van der Waals surface area contributed by atoms with Crippen molar-refractivity contribution in [1.82, 2.24) is 15.1 Å². The first kappa shape index (κ1) is 22.2. The fourth-order valence-corrected chi connectivity index (χ4v) is 2.28. The Hall–Kier alpha value is -1.81. The van der Waals surface area contributed by atoms with Crippen molar-refractivity contribution in [3.63, 3.8) is 0 Å². The minimum atomic E-state index is -0.0526. The van der Waals surface area contributed by atoms with Crippen molar-refractivity contribution in [2.45, 2.75) is 6.54 Å². The van der Waals surface area contributed by atoms with Crippen molar-refractivity contribution >= 4 is 46.8 Å². The molecule has 0 aliphatic heterocycles. The Kier molecular flexibility index (Phi) is 9.42. The van der Waals surface area contributed by atoms with Crippen molar-refractivity contribution in [2.75, 3.05) is 47.9 Å². The maximum atomic E-state index is 11.8. The number of benzene rings is 1. The molecular weight excluding hydrogens is 447 g/mol. The number of hydrogen-bond acceptors (Lipinski definition) is 4. The van der Waals surface area contributed by atoms with E-state index in [1.54, 1.807) is 21.2 Å². The number of furan rings is 1. The molecule has 1 heterocycles. The van der Waals surface area contributed by atoms with Gasteiger partial charge in [0, 0.05) is 40.2 Å². The largest absolute Gasteiger partial charge is 0.459 e. The number of hydrogen-bond donors (Lipinski definition) is 1. The van der Waals surface area contributed by atoms with Crippen molar-refractivity contribution in [3.8, 4) is 0 Å². The van der Waals surface area contributed by atoms with E-state index >= 15 is 0 Å². The highest BCUT2D eigenvalue weighted by atomic mass is 127. The number of likely N-dealkylation sites (N-methyl/N-ethyl adjacent to an activating group) is 1. The Bertz CT molecular complexity index is 697. The highest BCUT2D eigenvalue weighted by molar-refractivity contribution is 14.0. The van der Waals surface area contributed by atoms with Gasteiger partial charge in [0.1, 0.15) is 17.9 Å². The number of methoxy groups -OCH3 is 1. The summed E-state index contributed by atoms with van der Waals surface area (Å²) < 4.78 is 10.9. The van der Waals surface area contributed by atoms with Crippen molar-refractivity contribution in [1.29, 1.82) is 0 Å². The van der Waals surface area contributed by atoms with Gasteiger partial charge in [-0.2, -0.15) is 0 Å². The Morgan fingerprint density at radius 3 is 2.65 bits per heavy atom. The van der Waals surface area contributed by atoms with Gasteiger partial charge in [-0.25, -0.2) is 4.99 Å². The molecule has 0 aliphatic rings. The second-order valence-corrected chi connectivity index (χ2v) is 5.95. The molecule has 7 nitrogen and oxygen atoms in total. The van der Waals surface area contributed by atoms with E-state index in [4.69, 9.17) is 9.15 Å². The van der Waals surface area contributed by atoms with Crippen LogP contribution >= 0.6 is 24.0 Å². The fourth-order valence-electron chi connectivity index (χ4n) is 2.28. The lowest BCUT2D eigenvalue weighted by Crippen LogP contribution is -2.40. The average Bonchev–Trinajstić information content (AvgIpc) is 2.99.